The number of carbonyl (C=O) groups is 1. The van der Waals surface area contributed by atoms with Crippen molar-refractivity contribution in [3.63, 3.8) is 0 Å². The quantitative estimate of drug-likeness (QED) is 0.876. The van der Waals surface area contributed by atoms with Gasteiger partial charge >= 0.3 is 0 Å². The molecular formula is C15H21Cl2N3O2. The topological polar surface area (TPSA) is 81.2 Å². The van der Waals surface area contributed by atoms with Crippen LogP contribution in [-0.2, 0) is 0 Å². The molecule has 1 amide bonds. The van der Waals surface area contributed by atoms with Crippen LogP contribution in [0.5, 0.6) is 0 Å². The number of hydrogen-bond acceptors (Lipinski definition) is 4. The normalized spacial score (nSPS) is 20.8. The molecule has 0 spiro atoms. The number of nitrogens with two attached hydrogens (primary N) is 1. The lowest BCUT2D eigenvalue weighted by atomic mass is 9.92. The van der Waals surface area contributed by atoms with Crippen LogP contribution in [0.1, 0.15) is 41.9 Å². The third kappa shape index (κ3) is 4.12. The summed E-state index contributed by atoms with van der Waals surface area (Å²) in [4.78, 5) is 16.5. The Bertz CT molecular complexity index is 637. The molecule has 0 unspecified atom stereocenters. The molecule has 2 heterocycles. The van der Waals surface area contributed by atoms with Crippen molar-refractivity contribution in [1.82, 2.24) is 10.3 Å². The summed E-state index contributed by atoms with van der Waals surface area (Å²) >= 11 is 0. The number of carbonyl (C=O) groups excluding carboxylic acids is 1. The molecule has 122 valence electrons. The maximum absolute atomic E-state index is 12.2. The molecule has 0 atom stereocenters. The van der Waals surface area contributed by atoms with Crippen LogP contribution < -0.4 is 11.1 Å². The number of rotatable bonds is 2. The fraction of sp³-hybridized carbons (Fsp3) is 0.467. The van der Waals surface area contributed by atoms with E-state index in [1.165, 1.54) is 0 Å². The van der Waals surface area contributed by atoms with Crippen molar-refractivity contribution < 1.29 is 9.21 Å². The second-order valence-corrected chi connectivity index (χ2v) is 5.53. The van der Waals surface area contributed by atoms with Gasteiger partial charge in [0.25, 0.3) is 5.91 Å². The highest BCUT2D eigenvalue weighted by Crippen LogP contribution is 2.20. The monoisotopic (exact) mass is 345 g/mol. The molecule has 5 nitrogen and oxygen atoms in total. The Morgan fingerprint density at radius 2 is 1.95 bits per heavy atom. The SMILES string of the molecule is Cc1ccc2oc(C(=O)NC3CCC(N)CC3)cc2n1.Cl.Cl. The van der Waals surface area contributed by atoms with Crippen LogP contribution in [0, 0.1) is 6.92 Å². The molecule has 3 N–H and O–H groups in total. The van der Waals surface area contributed by atoms with Gasteiger partial charge < -0.3 is 15.5 Å². The van der Waals surface area contributed by atoms with Gasteiger partial charge in [-0.15, -0.1) is 24.8 Å². The van der Waals surface area contributed by atoms with Gasteiger partial charge in [-0.25, -0.2) is 4.98 Å². The van der Waals surface area contributed by atoms with E-state index in [1.807, 2.05) is 19.1 Å². The van der Waals surface area contributed by atoms with E-state index in [0.717, 1.165) is 36.9 Å². The second kappa shape index (κ2) is 7.81. The zero-order chi connectivity index (χ0) is 14.1. The van der Waals surface area contributed by atoms with Crippen molar-refractivity contribution in [2.45, 2.75) is 44.7 Å². The highest BCUT2D eigenvalue weighted by Gasteiger charge is 2.22. The molecule has 0 aromatic carbocycles. The van der Waals surface area contributed by atoms with Gasteiger partial charge in [0.05, 0.1) is 0 Å². The van der Waals surface area contributed by atoms with Crippen molar-refractivity contribution >= 4 is 41.8 Å². The average molecular weight is 346 g/mol. The van der Waals surface area contributed by atoms with Crippen molar-refractivity contribution in [1.29, 1.82) is 0 Å². The summed E-state index contributed by atoms with van der Waals surface area (Å²) in [5, 5.41) is 3.02. The van der Waals surface area contributed by atoms with Gasteiger partial charge in [0.2, 0.25) is 0 Å². The van der Waals surface area contributed by atoms with Crippen molar-refractivity contribution in [3.05, 3.63) is 29.7 Å². The molecule has 0 bridgehead atoms. The van der Waals surface area contributed by atoms with Crippen LogP contribution in [0.4, 0.5) is 0 Å². The van der Waals surface area contributed by atoms with E-state index < -0.39 is 0 Å². The van der Waals surface area contributed by atoms with E-state index in [-0.39, 0.29) is 42.8 Å². The van der Waals surface area contributed by atoms with Gasteiger partial charge in [-0.1, -0.05) is 0 Å². The molecule has 0 aliphatic heterocycles. The summed E-state index contributed by atoms with van der Waals surface area (Å²) < 4.78 is 5.55. The van der Waals surface area contributed by atoms with Crippen LogP contribution in [0.15, 0.2) is 22.6 Å². The number of nitrogens with one attached hydrogen (secondary N) is 1. The molecular weight excluding hydrogens is 325 g/mol. The summed E-state index contributed by atoms with van der Waals surface area (Å²) in [6, 6.07) is 5.89. The van der Waals surface area contributed by atoms with Crippen molar-refractivity contribution in [2.75, 3.05) is 0 Å². The minimum absolute atomic E-state index is 0. The van der Waals surface area contributed by atoms with E-state index in [9.17, 15) is 4.79 Å². The Labute approximate surface area is 141 Å². The first-order valence-corrected chi connectivity index (χ1v) is 7.05. The number of halogens is 2. The van der Waals surface area contributed by atoms with Crippen molar-refractivity contribution in [3.8, 4) is 0 Å². The van der Waals surface area contributed by atoms with E-state index in [4.69, 9.17) is 10.2 Å². The van der Waals surface area contributed by atoms with Gasteiger partial charge in [0.1, 0.15) is 5.52 Å². The minimum Gasteiger partial charge on any atom is -0.449 e. The lowest BCUT2D eigenvalue weighted by Gasteiger charge is -2.26. The van der Waals surface area contributed by atoms with Gasteiger partial charge in [-0.2, -0.15) is 0 Å². The third-order valence-electron chi connectivity index (χ3n) is 3.84. The second-order valence-electron chi connectivity index (χ2n) is 5.53. The standard InChI is InChI=1S/C15H19N3O2.2ClH/c1-9-2-7-13-12(17-9)8-14(20-13)15(19)18-11-5-3-10(16)4-6-11;;/h2,7-8,10-11H,3-6,16H2,1H3,(H,18,19);2*1H. The number of pyridine rings is 1. The van der Waals surface area contributed by atoms with E-state index in [0.29, 0.717) is 11.3 Å². The average Bonchev–Trinajstić information content (AvgIpc) is 2.84. The number of amides is 1. The van der Waals surface area contributed by atoms with Gasteiger partial charge in [-0.05, 0) is 44.7 Å². The molecule has 0 saturated heterocycles. The molecule has 1 aliphatic carbocycles. The Balaban J connectivity index is 0.00000121. The fourth-order valence-corrected chi connectivity index (χ4v) is 2.66. The van der Waals surface area contributed by atoms with Gasteiger partial charge in [0.15, 0.2) is 11.3 Å². The minimum atomic E-state index is -0.166. The highest BCUT2D eigenvalue weighted by atomic mass is 35.5. The molecule has 1 fully saturated rings. The highest BCUT2D eigenvalue weighted by molar-refractivity contribution is 5.95. The summed E-state index contributed by atoms with van der Waals surface area (Å²) in [5.41, 5.74) is 8.14. The molecule has 3 rings (SSSR count). The summed E-state index contributed by atoms with van der Waals surface area (Å²) in [6.45, 7) is 1.91. The summed E-state index contributed by atoms with van der Waals surface area (Å²) in [7, 11) is 0. The largest absolute Gasteiger partial charge is 0.449 e. The van der Waals surface area contributed by atoms with Gasteiger partial charge in [-0.3, -0.25) is 4.79 Å². The Morgan fingerprint density at radius 3 is 2.64 bits per heavy atom. The molecule has 1 aliphatic rings. The van der Waals surface area contributed by atoms with Crippen LogP contribution in [0.2, 0.25) is 0 Å². The number of aryl methyl sites for hydroxylation is 1. The maximum atomic E-state index is 12.2. The zero-order valence-corrected chi connectivity index (χ0v) is 14.0. The number of furan rings is 1. The summed E-state index contributed by atoms with van der Waals surface area (Å²) in [6.07, 6.45) is 3.80. The molecule has 0 radical (unpaired) electrons. The fourth-order valence-electron chi connectivity index (χ4n) is 2.66. The Morgan fingerprint density at radius 1 is 1.27 bits per heavy atom. The van der Waals surface area contributed by atoms with Crippen LogP contribution in [-0.4, -0.2) is 23.0 Å². The summed E-state index contributed by atoms with van der Waals surface area (Å²) in [5.74, 6) is 0.161. The van der Waals surface area contributed by atoms with E-state index in [1.54, 1.807) is 6.07 Å². The number of nitrogens with zero attached hydrogens (tertiary/aromatic N) is 1. The van der Waals surface area contributed by atoms with E-state index in [2.05, 4.69) is 10.3 Å². The molecule has 2 aromatic heterocycles. The molecule has 1 saturated carbocycles. The zero-order valence-electron chi connectivity index (χ0n) is 12.4. The molecule has 7 heteroatoms. The number of aromatic nitrogens is 1. The van der Waals surface area contributed by atoms with Crippen LogP contribution in [0.3, 0.4) is 0 Å². The Kier molecular flexibility index (Phi) is 6.66. The molecule has 22 heavy (non-hydrogen) atoms. The van der Waals surface area contributed by atoms with E-state index >= 15 is 0 Å². The maximum Gasteiger partial charge on any atom is 0.287 e. The Hall–Kier alpha value is -1.30. The first-order valence-electron chi connectivity index (χ1n) is 7.05. The van der Waals surface area contributed by atoms with Crippen LogP contribution in [0.25, 0.3) is 11.1 Å². The molecule has 2 aromatic rings. The lowest BCUT2D eigenvalue weighted by molar-refractivity contribution is 0.0900. The predicted octanol–water partition coefficient (Wildman–Crippen LogP) is 2.98. The smallest absolute Gasteiger partial charge is 0.287 e. The number of fused-ring (bicyclic) bond motifs is 1. The number of hydrogen-bond donors (Lipinski definition) is 2. The first kappa shape index (κ1) is 18.7. The predicted molar refractivity (Wildman–Crippen MR) is 90.9 cm³/mol. The first-order chi connectivity index (χ1) is 9.61. The van der Waals surface area contributed by atoms with Crippen LogP contribution >= 0.6 is 24.8 Å². The lowest BCUT2D eigenvalue weighted by Crippen LogP contribution is -2.40. The van der Waals surface area contributed by atoms with Crippen molar-refractivity contribution in [2.24, 2.45) is 5.73 Å². The third-order valence-corrected chi connectivity index (χ3v) is 3.84. The van der Waals surface area contributed by atoms with Gasteiger partial charge in [0, 0.05) is 23.8 Å².